The van der Waals surface area contributed by atoms with Crippen molar-refractivity contribution in [3.05, 3.63) is 40.3 Å². The first-order chi connectivity index (χ1) is 9.81. The number of nitrogens with one attached hydrogen (secondary N) is 1. The summed E-state index contributed by atoms with van der Waals surface area (Å²) >= 11 is 7.56. The van der Waals surface area contributed by atoms with Crippen molar-refractivity contribution in [2.75, 3.05) is 11.9 Å². The third-order valence-corrected chi connectivity index (χ3v) is 3.40. The van der Waals surface area contributed by atoms with Crippen LogP contribution in [0.3, 0.4) is 0 Å². The summed E-state index contributed by atoms with van der Waals surface area (Å²) in [5, 5.41) is 11.4. The van der Waals surface area contributed by atoms with E-state index in [4.69, 9.17) is 11.6 Å². The van der Waals surface area contributed by atoms with Crippen molar-refractivity contribution in [2.24, 2.45) is 0 Å². The number of rotatable bonds is 5. The molecule has 3 rings (SSSR count). The van der Waals surface area contributed by atoms with Crippen molar-refractivity contribution in [2.45, 2.75) is 6.42 Å². The van der Waals surface area contributed by atoms with Gasteiger partial charge >= 0.3 is 0 Å². The van der Waals surface area contributed by atoms with E-state index in [1.807, 2.05) is 0 Å². The van der Waals surface area contributed by atoms with Crippen molar-refractivity contribution in [1.29, 1.82) is 0 Å². The lowest BCUT2D eigenvalue weighted by molar-refractivity contribution is 0.792. The van der Waals surface area contributed by atoms with Crippen molar-refractivity contribution >= 4 is 28.9 Å². The number of thiophene rings is 1. The Morgan fingerprint density at radius 1 is 1.30 bits per heavy atom. The first kappa shape index (κ1) is 12.9. The zero-order valence-electron chi connectivity index (χ0n) is 10.3. The Bertz CT molecular complexity index is 668. The largest absolute Gasteiger partial charge is 0.354 e. The minimum absolute atomic E-state index is 0.114. The lowest BCUT2D eigenvalue weighted by atomic mass is 10.2. The highest BCUT2D eigenvalue weighted by molar-refractivity contribution is 7.07. The summed E-state index contributed by atoms with van der Waals surface area (Å²) in [5.74, 6) is 0.756. The third-order valence-electron chi connectivity index (χ3n) is 2.50. The first-order valence-corrected chi connectivity index (χ1v) is 7.15. The highest BCUT2D eigenvalue weighted by Gasteiger charge is 2.07. The van der Waals surface area contributed by atoms with Crippen LogP contribution in [0.5, 0.6) is 0 Å². The molecule has 0 bridgehead atoms. The van der Waals surface area contributed by atoms with Gasteiger partial charge in [-0.1, -0.05) is 0 Å². The fourth-order valence-electron chi connectivity index (χ4n) is 1.59. The van der Waals surface area contributed by atoms with E-state index in [0.717, 1.165) is 6.42 Å². The molecule has 0 spiro atoms. The fourth-order valence-corrected chi connectivity index (χ4v) is 2.44. The molecule has 0 aliphatic rings. The second kappa shape index (κ2) is 5.93. The van der Waals surface area contributed by atoms with E-state index in [1.54, 1.807) is 11.3 Å². The molecule has 0 radical (unpaired) electrons. The summed E-state index contributed by atoms with van der Waals surface area (Å²) in [5.41, 5.74) is 1.28. The van der Waals surface area contributed by atoms with Gasteiger partial charge in [-0.2, -0.15) is 36.1 Å². The molecule has 3 heterocycles. The topological polar surface area (TPSA) is 81.4 Å². The smallest absolute Gasteiger partial charge is 0.258 e. The lowest BCUT2D eigenvalue weighted by Gasteiger charge is -2.05. The van der Waals surface area contributed by atoms with Crippen molar-refractivity contribution in [3.63, 3.8) is 0 Å². The van der Waals surface area contributed by atoms with Crippen LogP contribution in [0.2, 0.25) is 5.28 Å². The molecule has 0 unspecified atom stereocenters. The van der Waals surface area contributed by atoms with Crippen LogP contribution < -0.4 is 5.32 Å². The molecule has 9 heteroatoms. The summed E-state index contributed by atoms with van der Waals surface area (Å²) in [6, 6.07) is 2.09. The van der Waals surface area contributed by atoms with E-state index >= 15 is 0 Å². The average molecular weight is 308 g/mol. The molecule has 3 aromatic rings. The first-order valence-electron chi connectivity index (χ1n) is 5.83. The maximum Gasteiger partial charge on any atom is 0.258 e. The predicted octanol–water partition coefficient (Wildman–Crippen LogP) is 1.82. The average Bonchev–Trinajstić information content (AvgIpc) is 3.11. The molecule has 20 heavy (non-hydrogen) atoms. The number of hydrogen-bond donors (Lipinski definition) is 1. The summed E-state index contributed by atoms with van der Waals surface area (Å²) in [6.07, 6.45) is 3.80. The van der Waals surface area contributed by atoms with Crippen molar-refractivity contribution in [1.82, 2.24) is 29.7 Å². The van der Waals surface area contributed by atoms with Gasteiger partial charge in [-0.3, -0.25) is 0 Å². The highest BCUT2D eigenvalue weighted by atomic mass is 35.5. The summed E-state index contributed by atoms with van der Waals surface area (Å²) < 4.78 is 1.43. The molecule has 0 amide bonds. The molecular weight excluding hydrogens is 298 g/mol. The molecule has 102 valence electrons. The van der Waals surface area contributed by atoms with Gasteiger partial charge in [0.05, 0.1) is 0 Å². The second-order valence-corrected chi connectivity index (χ2v) is 4.99. The van der Waals surface area contributed by atoms with Gasteiger partial charge in [0.2, 0.25) is 11.2 Å². The number of aromatic nitrogens is 6. The van der Waals surface area contributed by atoms with Crippen LogP contribution in [0.4, 0.5) is 5.95 Å². The Labute approximate surface area is 123 Å². The van der Waals surface area contributed by atoms with E-state index in [9.17, 15) is 0 Å². The van der Waals surface area contributed by atoms with Gasteiger partial charge in [0, 0.05) is 6.54 Å². The van der Waals surface area contributed by atoms with Gasteiger partial charge in [0.15, 0.2) is 0 Å². The quantitative estimate of drug-likeness (QED) is 0.774. The van der Waals surface area contributed by atoms with Gasteiger partial charge in [0.1, 0.15) is 12.7 Å². The summed E-state index contributed by atoms with van der Waals surface area (Å²) in [7, 11) is 0. The molecule has 3 aromatic heterocycles. The zero-order chi connectivity index (χ0) is 13.8. The van der Waals surface area contributed by atoms with Gasteiger partial charge in [-0.15, -0.1) is 0 Å². The number of anilines is 1. The molecule has 0 fully saturated rings. The van der Waals surface area contributed by atoms with Gasteiger partial charge in [0.25, 0.3) is 5.95 Å². The Hall–Kier alpha value is -2.06. The third kappa shape index (κ3) is 3.09. The SMILES string of the molecule is Clc1nc(NCCc2ccsc2)nc(-n2cncn2)n1. The summed E-state index contributed by atoms with van der Waals surface area (Å²) in [6.45, 7) is 0.716. The van der Waals surface area contributed by atoms with E-state index < -0.39 is 0 Å². The van der Waals surface area contributed by atoms with Gasteiger partial charge < -0.3 is 5.32 Å². The van der Waals surface area contributed by atoms with Crippen LogP contribution in [-0.4, -0.2) is 36.3 Å². The monoisotopic (exact) mass is 307 g/mol. The molecule has 0 saturated heterocycles. The van der Waals surface area contributed by atoms with Crippen LogP contribution in [-0.2, 0) is 6.42 Å². The molecule has 1 N–H and O–H groups in total. The normalized spacial score (nSPS) is 10.7. The van der Waals surface area contributed by atoms with Crippen LogP contribution in [0.15, 0.2) is 29.5 Å². The molecule has 0 aliphatic heterocycles. The molecule has 0 aromatic carbocycles. The Morgan fingerprint density at radius 3 is 3.00 bits per heavy atom. The van der Waals surface area contributed by atoms with Crippen LogP contribution in [0.1, 0.15) is 5.56 Å². The Balaban J connectivity index is 1.70. The van der Waals surface area contributed by atoms with Crippen LogP contribution in [0, 0.1) is 0 Å². The highest BCUT2D eigenvalue weighted by Crippen LogP contribution is 2.10. The van der Waals surface area contributed by atoms with Crippen LogP contribution >= 0.6 is 22.9 Å². The standard InChI is InChI=1S/C11H10ClN7S/c12-9-16-10(14-3-1-8-2-4-20-5-8)18-11(17-9)19-7-13-6-15-19/h2,4-7H,1,3H2,(H,14,16,17,18). The fraction of sp³-hybridized carbons (Fsp3) is 0.182. The maximum absolute atomic E-state index is 5.88. The minimum atomic E-state index is 0.114. The molecular formula is C11H10ClN7S. The van der Waals surface area contributed by atoms with E-state index in [2.05, 4.69) is 47.2 Å². The second-order valence-electron chi connectivity index (χ2n) is 3.88. The van der Waals surface area contributed by atoms with E-state index in [1.165, 1.54) is 22.9 Å². The minimum Gasteiger partial charge on any atom is -0.354 e. The van der Waals surface area contributed by atoms with Crippen LogP contribution in [0.25, 0.3) is 5.95 Å². The summed E-state index contributed by atoms with van der Waals surface area (Å²) in [4.78, 5) is 16.1. The Kier molecular flexibility index (Phi) is 3.84. The lowest BCUT2D eigenvalue weighted by Crippen LogP contribution is -2.11. The molecule has 0 aliphatic carbocycles. The van der Waals surface area contributed by atoms with E-state index in [0.29, 0.717) is 18.4 Å². The predicted molar refractivity (Wildman–Crippen MR) is 76.3 cm³/mol. The number of nitrogens with zero attached hydrogens (tertiary/aromatic N) is 6. The van der Waals surface area contributed by atoms with Gasteiger partial charge in [-0.25, -0.2) is 4.98 Å². The molecule has 0 saturated carbocycles. The van der Waals surface area contributed by atoms with Crippen molar-refractivity contribution in [3.8, 4) is 5.95 Å². The number of hydrogen-bond acceptors (Lipinski definition) is 7. The van der Waals surface area contributed by atoms with Crippen molar-refractivity contribution < 1.29 is 0 Å². The zero-order valence-corrected chi connectivity index (χ0v) is 11.8. The van der Waals surface area contributed by atoms with E-state index in [-0.39, 0.29) is 5.28 Å². The van der Waals surface area contributed by atoms with Gasteiger partial charge in [-0.05, 0) is 40.4 Å². The maximum atomic E-state index is 5.88. The number of halogens is 1. The molecule has 7 nitrogen and oxygen atoms in total. The Morgan fingerprint density at radius 2 is 2.25 bits per heavy atom. The molecule has 0 atom stereocenters.